The van der Waals surface area contributed by atoms with E-state index in [1.807, 2.05) is 4.90 Å². The van der Waals surface area contributed by atoms with Gasteiger partial charge in [0.2, 0.25) is 5.91 Å². The highest BCUT2D eigenvalue weighted by Gasteiger charge is 2.37. The minimum Gasteiger partial charge on any atom is -0.497 e. The number of rotatable bonds is 2. The normalized spacial score (nSPS) is 21.4. The molecule has 2 heterocycles. The average Bonchev–Trinajstić information content (AvgIpc) is 2.87. The Labute approximate surface area is 123 Å². The summed E-state index contributed by atoms with van der Waals surface area (Å²) in [6.45, 7) is 1.77. The first-order valence-electron chi connectivity index (χ1n) is 7.12. The van der Waals surface area contributed by atoms with Crippen LogP contribution in [0.2, 0.25) is 0 Å². The van der Waals surface area contributed by atoms with E-state index in [2.05, 4.69) is 0 Å². The predicted molar refractivity (Wildman–Crippen MR) is 78.0 cm³/mol. The van der Waals surface area contributed by atoms with Gasteiger partial charge in [-0.2, -0.15) is 0 Å². The molecule has 0 saturated carbocycles. The summed E-state index contributed by atoms with van der Waals surface area (Å²) in [6.07, 6.45) is 1.43. The lowest BCUT2D eigenvalue weighted by Crippen LogP contribution is -2.53. The van der Waals surface area contributed by atoms with Crippen molar-refractivity contribution in [2.75, 3.05) is 32.5 Å². The summed E-state index contributed by atoms with van der Waals surface area (Å²) in [4.78, 5) is 27.9. The number of fused-ring (bicyclic) bond motifs is 1. The van der Waals surface area contributed by atoms with E-state index in [-0.39, 0.29) is 17.9 Å². The maximum Gasteiger partial charge on any atom is 0.256 e. The first-order valence-corrected chi connectivity index (χ1v) is 7.12. The maximum atomic E-state index is 12.6. The molecule has 0 aliphatic carbocycles. The summed E-state index contributed by atoms with van der Waals surface area (Å²) >= 11 is 0. The molecule has 2 fully saturated rings. The minimum atomic E-state index is -0.0749. The Morgan fingerprint density at radius 2 is 2.19 bits per heavy atom. The van der Waals surface area contributed by atoms with E-state index in [4.69, 9.17) is 10.5 Å². The van der Waals surface area contributed by atoms with E-state index >= 15 is 0 Å². The van der Waals surface area contributed by atoms with Crippen molar-refractivity contribution < 1.29 is 14.3 Å². The van der Waals surface area contributed by atoms with Gasteiger partial charge < -0.3 is 20.3 Å². The Balaban J connectivity index is 1.75. The van der Waals surface area contributed by atoms with Crippen molar-refractivity contribution in [1.82, 2.24) is 9.80 Å². The van der Waals surface area contributed by atoms with Gasteiger partial charge in [-0.25, -0.2) is 0 Å². The Hall–Kier alpha value is -2.24. The molecule has 0 bridgehead atoms. The van der Waals surface area contributed by atoms with E-state index in [9.17, 15) is 9.59 Å². The molecule has 6 nitrogen and oxygen atoms in total. The van der Waals surface area contributed by atoms with Crippen LogP contribution in [-0.2, 0) is 4.79 Å². The fourth-order valence-corrected chi connectivity index (χ4v) is 3.08. The van der Waals surface area contributed by atoms with Crippen molar-refractivity contribution >= 4 is 17.5 Å². The molecule has 1 aromatic carbocycles. The fraction of sp³-hybridized carbons (Fsp3) is 0.467. The molecular formula is C15H19N3O3. The molecule has 6 heteroatoms. The average molecular weight is 289 g/mol. The zero-order valence-electron chi connectivity index (χ0n) is 12.0. The molecule has 1 unspecified atom stereocenters. The molecule has 0 radical (unpaired) electrons. The molecule has 1 atom stereocenters. The van der Waals surface area contributed by atoms with Crippen LogP contribution in [0.5, 0.6) is 5.75 Å². The molecule has 3 rings (SSSR count). The van der Waals surface area contributed by atoms with Crippen molar-refractivity contribution in [3.8, 4) is 5.75 Å². The van der Waals surface area contributed by atoms with Gasteiger partial charge in [-0.05, 0) is 18.6 Å². The summed E-state index contributed by atoms with van der Waals surface area (Å²) in [5.74, 6) is 0.764. The Bertz CT molecular complexity index is 588. The summed E-state index contributed by atoms with van der Waals surface area (Å²) < 4.78 is 5.09. The van der Waals surface area contributed by atoms with Crippen LogP contribution in [0.25, 0.3) is 0 Å². The number of piperazine rings is 1. The second kappa shape index (κ2) is 5.27. The molecule has 112 valence electrons. The number of benzene rings is 1. The highest BCUT2D eigenvalue weighted by Crippen LogP contribution is 2.26. The smallest absolute Gasteiger partial charge is 0.256 e. The van der Waals surface area contributed by atoms with Crippen LogP contribution < -0.4 is 10.5 Å². The standard InChI is InChI=1S/C15H19N3O3/c1-21-11-3-4-12(13(16)8-11)15(20)17-6-7-18-10(9-17)2-5-14(18)19/h3-4,8,10H,2,5-7,9,16H2,1H3. The lowest BCUT2D eigenvalue weighted by Gasteiger charge is -2.37. The van der Waals surface area contributed by atoms with E-state index in [1.165, 1.54) is 0 Å². The zero-order valence-corrected chi connectivity index (χ0v) is 12.0. The second-order valence-corrected chi connectivity index (χ2v) is 5.48. The molecule has 2 aliphatic rings. The summed E-state index contributed by atoms with van der Waals surface area (Å²) in [5, 5.41) is 0. The number of carbonyl (C=O) groups excluding carboxylic acids is 2. The van der Waals surface area contributed by atoms with E-state index in [0.29, 0.717) is 43.1 Å². The molecule has 2 aliphatic heterocycles. The molecule has 2 amide bonds. The van der Waals surface area contributed by atoms with Crippen LogP contribution in [-0.4, -0.2) is 54.4 Å². The number of anilines is 1. The van der Waals surface area contributed by atoms with E-state index in [1.54, 1.807) is 30.2 Å². The molecule has 2 saturated heterocycles. The lowest BCUT2D eigenvalue weighted by molar-refractivity contribution is -0.130. The SMILES string of the molecule is COc1ccc(C(=O)N2CCN3C(=O)CCC3C2)c(N)c1. The van der Waals surface area contributed by atoms with Crippen molar-refractivity contribution in [3.05, 3.63) is 23.8 Å². The van der Waals surface area contributed by atoms with Gasteiger partial charge in [0.1, 0.15) is 5.75 Å². The number of methoxy groups -OCH3 is 1. The number of carbonyl (C=O) groups is 2. The molecule has 0 spiro atoms. The van der Waals surface area contributed by atoms with Crippen molar-refractivity contribution in [3.63, 3.8) is 0 Å². The third-order valence-electron chi connectivity index (χ3n) is 4.27. The maximum absolute atomic E-state index is 12.6. The van der Waals surface area contributed by atoms with Gasteiger partial charge in [-0.15, -0.1) is 0 Å². The summed E-state index contributed by atoms with van der Waals surface area (Å²) in [5.41, 5.74) is 6.86. The van der Waals surface area contributed by atoms with Gasteiger partial charge in [0.15, 0.2) is 0 Å². The molecule has 1 aromatic rings. The number of amides is 2. The summed E-state index contributed by atoms with van der Waals surface area (Å²) in [6, 6.07) is 5.25. The minimum absolute atomic E-state index is 0.0749. The van der Waals surface area contributed by atoms with Crippen molar-refractivity contribution in [2.45, 2.75) is 18.9 Å². The highest BCUT2D eigenvalue weighted by atomic mass is 16.5. The largest absolute Gasteiger partial charge is 0.497 e. The van der Waals surface area contributed by atoms with Crippen LogP contribution in [0.4, 0.5) is 5.69 Å². The monoisotopic (exact) mass is 289 g/mol. The Kier molecular flexibility index (Phi) is 3.45. The van der Waals surface area contributed by atoms with Gasteiger partial charge >= 0.3 is 0 Å². The van der Waals surface area contributed by atoms with Crippen LogP contribution in [0.15, 0.2) is 18.2 Å². The number of nitrogens with two attached hydrogens (primary N) is 1. The van der Waals surface area contributed by atoms with Crippen molar-refractivity contribution in [2.24, 2.45) is 0 Å². The number of hydrogen-bond acceptors (Lipinski definition) is 4. The van der Waals surface area contributed by atoms with E-state index in [0.717, 1.165) is 6.42 Å². The van der Waals surface area contributed by atoms with Crippen molar-refractivity contribution in [1.29, 1.82) is 0 Å². The van der Waals surface area contributed by atoms with Gasteiger partial charge in [-0.1, -0.05) is 0 Å². The zero-order chi connectivity index (χ0) is 15.0. The number of hydrogen-bond donors (Lipinski definition) is 1. The Morgan fingerprint density at radius 3 is 2.90 bits per heavy atom. The van der Waals surface area contributed by atoms with Gasteiger partial charge in [0, 0.05) is 43.9 Å². The van der Waals surface area contributed by atoms with Gasteiger partial charge in [-0.3, -0.25) is 9.59 Å². The quantitative estimate of drug-likeness (QED) is 0.814. The molecule has 2 N–H and O–H groups in total. The highest BCUT2D eigenvalue weighted by molar-refractivity contribution is 5.99. The van der Waals surface area contributed by atoms with Crippen LogP contribution in [0, 0.1) is 0 Å². The van der Waals surface area contributed by atoms with Crippen LogP contribution in [0.3, 0.4) is 0 Å². The second-order valence-electron chi connectivity index (χ2n) is 5.48. The third-order valence-corrected chi connectivity index (χ3v) is 4.27. The first-order chi connectivity index (χ1) is 10.1. The number of nitrogen functional groups attached to an aromatic ring is 1. The lowest BCUT2D eigenvalue weighted by atomic mass is 10.1. The Morgan fingerprint density at radius 1 is 1.38 bits per heavy atom. The van der Waals surface area contributed by atoms with Gasteiger partial charge in [0.05, 0.1) is 12.7 Å². The first kappa shape index (κ1) is 13.7. The van der Waals surface area contributed by atoms with Gasteiger partial charge in [0.25, 0.3) is 5.91 Å². The van der Waals surface area contributed by atoms with Crippen LogP contribution in [0.1, 0.15) is 23.2 Å². The predicted octanol–water partition coefficient (Wildman–Crippen LogP) is 0.724. The number of ether oxygens (including phenoxy) is 1. The molecule has 21 heavy (non-hydrogen) atoms. The van der Waals surface area contributed by atoms with Crippen LogP contribution >= 0.6 is 0 Å². The third kappa shape index (κ3) is 2.41. The van der Waals surface area contributed by atoms with E-state index < -0.39 is 0 Å². The molecular weight excluding hydrogens is 270 g/mol. The number of nitrogens with zero attached hydrogens (tertiary/aromatic N) is 2. The fourth-order valence-electron chi connectivity index (χ4n) is 3.08. The summed E-state index contributed by atoms with van der Waals surface area (Å²) in [7, 11) is 1.56. The molecule has 0 aromatic heterocycles. The topological polar surface area (TPSA) is 75.9 Å².